The number of nitrogens with zero attached hydrogens (tertiary/aromatic N) is 2. The van der Waals surface area contributed by atoms with E-state index in [0.717, 1.165) is 83.6 Å². The first kappa shape index (κ1) is 33.6. The Bertz CT molecular complexity index is 3590. The number of rotatable bonds is 6. The average molecular weight is 759 g/mol. The van der Waals surface area contributed by atoms with Crippen LogP contribution in [0.1, 0.15) is 16.7 Å². The maximum absolute atomic E-state index is 6.82. The predicted octanol–water partition coefficient (Wildman–Crippen LogP) is 16.2. The summed E-state index contributed by atoms with van der Waals surface area (Å²) in [6.07, 6.45) is 0. The molecule has 0 N–H and O–H groups in total. The standard InChI is InChI=1S/C55H38N2O2/c1-33-17-25-38(26-18-33)56(48-14-7-12-41-40-10-4-5-16-50(40)58-54(41)48)46-31-23-36-22-30-45-47(32-24-37-21-29-44(46)51(36)52(37)45)57(39-27-19-34(2)20-28-39)49-15-8-13-43-42-11-6-9-35(3)53(42)59-55(43)49/h4-32H,1-3H3. The Morgan fingerprint density at radius 3 is 1.36 bits per heavy atom. The van der Waals surface area contributed by atoms with Gasteiger partial charge in [-0.3, -0.25) is 0 Å². The van der Waals surface area contributed by atoms with Crippen LogP contribution in [-0.2, 0) is 0 Å². The molecule has 0 saturated heterocycles. The number of para-hydroxylation sites is 4. The molecule has 2 aromatic heterocycles. The topological polar surface area (TPSA) is 32.8 Å². The second-order valence-electron chi connectivity index (χ2n) is 15.9. The smallest absolute Gasteiger partial charge is 0.159 e. The molecule has 59 heavy (non-hydrogen) atoms. The number of anilines is 6. The van der Waals surface area contributed by atoms with Gasteiger partial charge in [0.2, 0.25) is 0 Å². The molecule has 280 valence electrons. The van der Waals surface area contributed by atoms with Crippen molar-refractivity contribution in [2.45, 2.75) is 20.8 Å². The molecule has 0 radical (unpaired) electrons. The second kappa shape index (κ2) is 12.7. The van der Waals surface area contributed by atoms with Gasteiger partial charge in [0, 0.05) is 43.7 Å². The summed E-state index contributed by atoms with van der Waals surface area (Å²) >= 11 is 0. The summed E-state index contributed by atoms with van der Waals surface area (Å²) in [6.45, 7) is 6.39. The van der Waals surface area contributed by atoms with Crippen molar-refractivity contribution >= 4 is 110 Å². The highest BCUT2D eigenvalue weighted by molar-refractivity contribution is 6.28. The van der Waals surface area contributed by atoms with Crippen LogP contribution in [0, 0.1) is 20.8 Å². The molecule has 0 spiro atoms. The van der Waals surface area contributed by atoms with E-state index in [1.165, 1.54) is 43.4 Å². The van der Waals surface area contributed by atoms with Gasteiger partial charge in [-0.05, 0) is 102 Å². The molecule has 0 bridgehead atoms. The van der Waals surface area contributed by atoms with Crippen LogP contribution in [-0.4, -0.2) is 0 Å². The molecule has 0 unspecified atom stereocenters. The number of hydrogen-bond acceptors (Lipinski definition) is 4. The third-order valence-corrected chi connectivity index (χ3v) is 12.3. The molecule has 0 amide bonds. The molecule has 0 aliphatic carbocycles. The lowest BCUT2D eigenvalue weighted by Crippen LogP contribution is -2.12. The van der Waals surface area contributed by atoms with E-state index in [9.17, 15) is 0 Å². The third-order valence-electron chi connectivity index (χ3n) is 12.3. The Kier molecular flexibility index (Phi) is 7.24. The first-order chi connectivity index (χ1) is 29.0. The van der Waals surface area contributed by atoms with E-state index in [1.807, 2.05) is 6.07 Å². The van der Waals surface area contributed by atoms with Crippen LogP contribution in [0.4, 0.5) is 34.1 Å². The lowest BCUT2D eigenvalue weighted by molar-refractivity contribution is 0.666. The van der Waals surface area contributed by atoms with E-state index < -0.39 is 0 Å². The van der Waals surface area contributed by atoms with Crippen molar-refractivity contribution in [2.24, 2.45) is 0 Å². The van der Waals surface area contributed by atoms with E-state index in [2.05, 4.69) is 200 Å². The first-order valence-electron chi connectivity index (χ1n) is 20.3. The van der Waals surface area contributed by atoms with Gasteiger partial charge in [0.25, 0.3) is 0 Å². The first-order valence-corrected chi connectivity index (χ1v) is 20.3. The van der Waals surface area contributed by atoms with Crippen molar-refractivity contribution in [3.05, 3.63) is 193 Å². The van der Waals surface area contributed by atoms with Gasteiger partial charge in [0.15, 0.2) is 11.2 Å². The summed E-state index contributed by atoms with van der Waals surface area (Å²) in [5, 5.41) is 11.6. The minimum absolute atomic E-state index is 0.867. The van der Waals surface area contributed by atoms with Crippen molar-refractivity contribution in [3.8, 4) is 0 Å². The SMILES string of the molecule is Cc1ccc(N(c2ccc3ccc4c(N(c5ccc(C)cc5)c5cccc6c5oc5c(C)cccc56)ccc5ccc2c3c54)c2cccc3c2oc2ccccc23)cc1. The van der Waals surface area contributed by atoms with Gasteiger partial charge in [0.05, 0.1) is 22.7 Å². The number of hydrogen-bond donors (Lipinski definition) is 0. The van der Waals surface area contributed by atoms with Gasteiger partial charge in [-0.25, -0.2) is 0 Å². The molecule has 0 atom stereocenters. The molecule has 10 aromatic carbocycles. The summed E-state index contributed by atoms with van der Waals surface area (Å²) < 4.78 is 13.5. The van der Waals surface area contributed by atoms with Crippen molar-refractivity contribution in [1.82, 2.24) is 0 Å². The minimum atomic E-state index is 0.867. The maximum atomic E-state index is 6.82. The van der Waals surface area contributed by atoms with Crippen LogP contribution in [0.15, 0.2) is 185 Å². The van der Waals surface area contributed by atoms with Crippen LogP contribution in [0.2, 0.25) is 0 Å². The van der Waals surface area contributed by atoms with Crippen molar-refractivity contribution < 1.29 is 8.83 Å². The van der Waals surface area contributed by atoms with E-state index in [1.54, 1.807) is 0 Å². The van der Waals surface area contributed by atoms with Crippen LogP contribution in [0.3, 0.4) is 0 Å². The van der Waals surface area contributed by atoms with Crippen LogP contribution >= 0.6 is 0 Å². The number of fused-ring (bicyclic) bond motifs is 6. The minimum Gasteiger partial charge on any atom is -0.454 e. The fourth-order valence-electron chi connectivity index (χ4n) is 9.39. The molecule has 0 saturated carbocycles. The highest BCUT2D eigenvalue weighted by Crippen LogP contribution is 2.50. The highest BCUT2D eigenvalue weighted by Gasteiger charge is 2.25. The van der Waals surface area contributed by atoms with Crippen molar-refractivity contribution in [1.29, 1.82) is 0 Å². The Morgan fingerprint density at radius 1 is 0.322 bits per heavy atom. The average Bonchev–Trinajstić information content (AvgIpc) is 3.85. The molecule has 12 rings (SSSR count). The third kappa shape index (κ3) is 5.03. The number of furan rings is 2. The molecule has 12 aromatic rings. The van der Waals surface area contributed by atoms with Gasteiger partial charge in [-0.1, -0.05) is 132 Å². The quantitative estimate of drug-likeness (QED) is 0.158. The summed E-state index contributed by atoms with van der Waals surface area (Å²) in [7, 11) is 0. The van der Waals surface area contributed by atoms with Gasteiger partial charge in [0.1, 0.15) is 11.2 Å². The zero-order valence-corrected chi connectivity index (χ0v) is 33.0. The molecule has 0 aliphatic rings. The fraction of sp³-hybridized carbons (Fsp3) is 0.0545. The Balaban J connectivity index is 1.13. The maximum Gasteiger partial charge on any atom is 0.159 e. The van der Waals surface area contributed by atoms with Gasteiger partial charge in [-0.15, -0.1) is 0 Å². The number of benzene rings is 10. The van der Waals surface area contributed by atoms with Gasteiger partial charge in [-0.2, -0.15) is 0 Å². The largest absolute Gasteiger partial charge is 0.454 e. The zero-order chi connectivity index (χ0) is 39.4. The fourth-order valence-corrected chi connectivity index (χ4v) is 9.39. The van der Waals surface area contributed by atoms with Crippen molar-refractivity contribution in [2.75, 3.05) is 9.80 Å². The van der Waals surface area contributed by atoms with E-state index >= 15 is 0 Å². The monoisotopic (exact) mass is 758 g/mol. The molecule has 2 heterocycles. The Hall–Kier alpha value is -7.56. The van der Waals surface area contributed by atoms with Gasteiger partial charge < -0.3 is 18.6 Å². The second-order valence-corrected chi connectivity index (χ2v) is 15.9. The zero-order valence-electron chi connectivity index (χ0n) is 33.0. The highest BCUT2D eigenvalue weighted by atomic mass is 16.3. The van der Waals surface area contributed by atoms with Crippen LogP contribution in [0.25, 0.3) is 76.2 Å². The lowest BCUT2D eigenvalue weighted by Gasteiger charge is -2.29. The molecular formula is C55H38N2O2. The van der Waals surface area contributed by atoms with E-state index in [4.69, 9.17) is 8.83 Å². The summed E-state index contributed by atoms with van der Waals surface area (Å²) in [6, 6.07) is 63.6. The molecule has 4 nitrogen and oxygen atoms in total. The van der Waals surface area contributed by atoms with Crippen molar-refractivity contribution in [3.63, 3.8) is 0 Å². The molecule has 4 heteroatoms. The molecule has 0 aliphatic heterocycles. The van der Waals surface area contributed by atoms with E-state index in [0.29, 0.717) is 0 Å². The normalized spacial score (nSPS) is 12.0. The molecular weight excluding hydrogens is 721 g/mol. The Labute approximate surface area is 341 Å². The molecule has 0 fully saturated rings. The van der Waals surface area contributed by atoms with E-state index in [-0.39, 0.29) is 0 Å². The summed E-state index contributed by atoms with van der Waals surface area (Å²) in [5.41, 5.74) is 13.4. The Morgan fingerprint density at radius 2 is 0.780 bits per heavy atom. The predicted molar refractivity (Wildman–Crippen MR) is 248 cm³/mol. The lowest BCUT2D eigenvalue weighted by atomic mass is 9.91. The van der Waals surface area contributed by atoms with Crippen LogP contribution < -0.4 is 9.80 Å². The van der Waals surface area contributed by atoms with Gasteiger partial charge >= 0.3 is 0 Å². The summed E-state index contributed by atoms with van der Waals surface area (Å²) in [4.78, 5) is 4.76. The number of aryl methyl sites for hydroxylation is 3. The van der Waals surface area contributed by atoms with Crippen LogP contribution in [0.5, 0.6) is 0 Å². The summed E-state index contributed by atoms with van der Waals surface area (Å²) in [5.74, 6) is 0.